The van der Waals surface area contributed by atoms with Crippen LogP contribution in [0.3, 0.4) is 0 Å². The third-order valence-corrected chi connectivity index (χ3v) is 2.64. The molecule has 0 spiro atoms. The predicted molar refractivity (Wildman–Crippen MR) is 63.4 cm³/mol. The average molecular weight is 281 g/mol. The lowest BCUT2D eigenvalue weighted by Crippen LogP contribution is -2.34. The van der Waals surface area contributed by atoms with E-state index in [1.165, 1.54) is 0 Å². The fraction of sp³-hybridized carbons (Fsp3) is 0.364. The number of hydrogen-bond acceptors (Lipinski definition) is 2. The minimum Gasteiger partial charge on any atom is -0.323 e. The SMILES string of the molecule is CCC(N)C(=O)Nc1ccc(C(F)(F)F)cc1Cl. The van der Waals surface area contributed by atoms with Crippen LogP contribution in [0.5, 0.6) is 0 Å². The molecule has 0 saturated carbocycles. The first-order valence-corrected chi connectivity index (χ1v) is 5.56. The van der Waals surface area contributed by atoms with Crippen molar-refractivity contribution in [2.45, 2.75) is 25.6 Å². The van der Waals surface area contributed by atoms with Crippen molar-refractivity contribution in [3.05, 3.63) is 28.8 Å². The van der Waals surface area contributed by atoms with E-state index in [0.29, 0.717) is 6.42 Å². The van der Waals surface area contributed by atoms with Crippen molar-refractivity contribution in [1.29, 1.82) is 0 Å². The number of hydrogen-bond donors (Lipinski definition) is 2. The van der Waals surface area contributed by atoms with Crippen molar-refractivity contribution in [3.8, 4) is 0 Å². The fourth-order valence-electron chi connectivity index (χ4n) is 1.20. The summed E-state index contributed by atoms with van der Waals surface area (Å²) in [7, 11) is 0. The Kier molecular flexibility index (Phi) is 4.59. The van der Waals surface area contributed by atoms with E-state index in [2.05, 4.69) is 5.32 Å². The summed E-state index contributed by atoms with van der Waals surface area (Å²) in [5.74, 6) is -0.487. The van der Waals surface area contributed by atoms with Gasteiger partial charge in [0.1, 0.15) is 0 Å². The molecule has 1 amide bonds. The Morgan fingerprint density at radius 3 is 2.56 bits per heavy atom. The first kappa shape index (κ1) is 14.8. The van der Waals surface area contributed by atoms with E-state index in [-0.39, 0.29) is 10.7 Å². The van der Waals surface area contributed by atoms with Gasteiger partial charge in [0, 0.05) is 0 Å². The van der Waals surface area contributed by atoms with Crippen LogP contribution in [0.1, 0.15) is 18.9 Å². The third-order valence-electron chi connectivity index (χ3n) is 2.33. The molecule has 3 N–H and O–H groups in total. The molecule has 3 nitrogen and oxygen atoms in total. The quantitative estimate of drug-likeness (QED) is 0.894. The van der Waals surface area contributed by atoms with Gasteiger partial charge in [0.25, 0.3) is 0 Å². The summed E-state index contributed by atoms with van der Waals surface area (Å²) in [5, 5.41) is 2.20. The molecular formula is C11H12ClF3N2O. The molecule has 7 heteroatoms. The van der Waals surface area contributed by atoms with Crippen molar-refractivity contribution in [2.24, 2.45) is 5.73 Å². The summed E-state index contributed by atoms with van der Waals surface area (Å²) in [4.78, 5) is 11.5. The number of benzene rings is 1. The highest BCUT2D eigenvalue weighted by Crippen LogP contribution is 2.33. The van der Waals surface area contributed by atoms with Gasteiger partial charge in [-0.15, -0.1) is 0 Å². The van der Waals surface area contributed by atoms with Crippen molar-refractivity contribution >= 4 is 23.2 Å². The summed E-state index contributed by atoms with van der Waals surface area (Å²) in [5.41, 5.74) is 4.72. The van der Waals surface area contributed by atoms with Crippen LogP contribution in [0.2, 0.25) is 5.02 Å². The van der Waals surface area contributed by atoms with Gasteiger partial charge in [-0.05, 0) is 24.6 Å². The Bertz CT molecular complexity index is 448. The second-order valence-corrected chi connectivity index (χ2v) is 4.10. The van der Waals surface area contributed by atoms with Gasteiger partial charge in [0.05, 0.1) is 22.3 Å². The largest absolute Gasteiger partial charge is 0.416 e. The fourth-order valence-corrected chi connectivity index (χ4v) is 1.43. The molecule has 1 aromatic carbocycles. The smallest absolute Gasteiger partial charge is 0.323 e. The van der Waals surface area contributed by atoms with E-state index in [9.17, 15) is 18.0 Å². The van der Waals surface area contributed by atoms with Gasteiger partial charge in [0.2, 0.25) is 5.91 Å². The van der Waals surface area contributed by atoms with Gasteiger partial charge in [-0.3, -0.25) is 4.79 Å². The normalized spacial score (nSPS) is 13.2. The van der Waals surface area contributed by atoms with Crippen molar-refractivity contribution < 1.29 is 18.0 Å². The van der Waals surface area contributed by atoms with Crippen LogP contribution in [0.4, 0.5) is 18.9 Å². The first-order valence-electron chi connectivity index (χ1n) is 5.19. The van der Waals surface area contributed by atoms with Gasteiger partial charge >= 0.3 is 6.18 Å². The van der Waals surface area contributed by atoms with Gasteiger partial charge in [-0.2, -0.15) is 13.2 Å². The summed E-state index contributed by atoms with van der Waals surface area (Å²) in [6.45, 7) is 1.72. The highest BCUT2D eigenvalue weighted by Gasteiger charge is 2.31. The second kappa shape index (κ2) is 5.58. The number of carbonyl (C=O) groups is 1. The highest BCUT2D eigenvalue weighted by molar-refractivity contribution is 6.33. The summed E-state index contributed by atoms with van der Waals surface area (Å²) < 4.78 is 37.1. The first-order chi connectivity index (χ1) is 8.25. The number of amides is 1. The number of rotatable bonds is 3. The van der Waals surface area contributed by atoms with Gasteiger partial charge in [-0.25, -0.2) is 0 Å². The van der Waals surface area contributed by atoms with Crippen LogP contribution in [-0.2, 0) is 11.0 Å². The number of alkyl halides is 3. The molecule has 1 rings (SSSR count). The topological polar surface area (TPSA) is 55.1 Å². The van der Waals surface area contributed by atoms with E-state index in [0.717, 1.165) is 18.2 Å². The molecule has 100 valence electrons. The van der Waals surface area contributed by atoms with Gasteiger partial charge < -0.3 is 11.1 Å². The number of nitrogens with two attached hydrogens (primary N) is 1. The summed E-state index contributed by atoms with van der Waals surface area (Å²) in [6, 6.07) is 1.99. The molecular weight excluding hydrogens is 269 g/mol. The molecule has 1 atom stereocenters. The van der Waals surface area contributed by atoms with Crippen LogP contribution in [-0.4, -0.2) is 11.9 Å². The molecule has 0 saturated heterocycles. The van der Waals surface area contributed by atoms with E-state index >= 15 is 0 Å². The Hall–Kier alpha value is -1.27. The van der Waals surface area contributed by atoms with Crippen molar-refractivity contribution in [2.75, 3.05) is 5.32 Å². The molecule has 0 aliphatic heterocycles. The van der Waals surface area contributed by atoms with Crippen molar-refractivity contribution in [1.82, 2.24) is 0 Å². The van der Waals surface area contributed by atoms with E-state index in [4.69, 9.17) is 17.3 Å². The molecule has 0 aliphatic rings. The number of halogens is 4. The lowest BCUT2D eigenvalue weighted by atomic mass is 10.2. The maximum absolute atomic E-state index is 12.4. The molecule has 1 unspecified atom stereocenters. The molecule has 0 aliphatic carbocycles. The number of carbonyl (C=O) groups excluding carboxylic acids is 1. The molecule has 0 fully saturated rings. The lowest BCUT2D eigenvalue weighted by Gasteiger charge is -2.13. The van der Waals surface area contributed by atoms with Crippen molar-refractivity contribution in [3.63, 3.8) is 0 Å². The molecule has 0 bridgehead atoms. The maximum atomic E-state index is 12.4. The minimum absolute atomic E-state index is 0.110. The Morgan fingerprint density at radius 1 is 1.50 bits per heavy atom. The van der Waals surface area contributed by atoms with Gasteiger partial charge in [0.15, 0.2) is 0 Å². The molecule has 0 heterocycles. The number of nitrogens with one attached hydrogen (secondary N) is 1. The van der Waals surface area contributed by atoms with Crippen LogP contribution in [0, 0.1) is 0 Å². The van der Waals surface area contributed by atoms with Gasteiger partial charge in [-0.1, -0.05) is 18.5 Å². The Labute approximate surface area is 107 Å². The maximum Gasteiger partial charge on any atom is 0.416 e. The highest BCUT2D eigenvalue weighted by atomic mass is 35.5. The van der Waals surface area contributed by atoms with Crippen LogP contribution < -0.4 is 11.1 Å². The van der Waals surface area contributed by atoms with Crippen LogP contribution in [0.15, 0.2) is 18.2 Å². The Morgan fingerprint density at radius 2 is 2.11 bits per heavy atom. The third kappa shape index (κ3) is 3.61. The molecule has 0 aromatic heterocycles. The number of anilines is 1. The minimum atomic E-state index is -4.47. The Balaban J connectivity index is 2.90. The zero-order valence-electron chi connectivity index (χ0n) is 9.51. The average Bonchev–Trinajstić information content (AvgIpc) is 2.29. The zero-order chi connectivity index (χ0) is 13.9. The molecule has 0 radical (unpaired) electrons. The lowest BCUT2D eigenvalue weighted by molar-refractivity contribution is -0.137. The molecule has 18 heavy (non-hydrogen) atoms. The van der Waals surface area contributed by atoms with E-state index in [1.807, 2.05) is 0 Å². The second-order valence-electron chi connectivity index (χ2n) is 3.70. The molecule has 1 aromatic rings. The summed E-state index contributed by atoms with van der Waals surface area (Å²) in [6.07, 6.45) is -4.05. The van der Waals surface area contributed by atoms with Crippen LogP contribution in [0.25, 0.3) is 0 Å². The van der Waals surface area contributed by atoms with Crippen LogP contribution >= 0.6 is 11.6 Å². The zero-order valence-corrected chi connectivity index (χ0v) is 10.3. The standard InChI is InChI=1S/C11H12ClF3N2O/c1-2-8(16)10(18)17-9-4-3-6(5-7(9)12)11(13,14)15/h3-5,8H,2,16H2,1H3,(H,17,18). The predicted octanol–water partition coefficient (Wildman–Crippen LogP) is 3.03. The monoisotopic (exact) mass is 280 g/mol. The van der Waals surface area contributed by atoms with E-state index < -0.39 is 23.7 Å². The summed E-state index contributed by atoms with van der Waals surface area (Å²) >= 11 is 5.67. The van der Waals surface area contributed by atoms with E-state index in [1.54, 1.807) is 6.92 Å².